The fraction of sp³-hybridized carbons (Fsp3) is 0.636. The van der Waals surface area contributed by atoms with Crippen molar-refractivity contribution in [1.29, 1.82) is 0 Å². The smallest absolute Gasteiger partial charge is 0.321 e. The number of carbonyl (C=O) groups excluding carboxylic acids is 2. The molecule has 2 heterocycles. The molecule has 0 aliphatic carbocycles. The molecule has 0 aromatic heterocycles. The fourth-order valence-electron chi connectivity index (χ4n) is 4.39. The molecule has 3 rings (SSSR count). The topological polar surface area (TPSA) is 47.1 Å². The zero-order chi connectivity index (χ0) is 25.4. The quantitative estimate of drug-likeness (QED) is 0.585. The summed E-state index contributed by atoms with van der Waals surface area (Å²) in [6, 6.07) is -0.267. The molecule has 190 valence electrons. The number of hydrogen-bond donors (Lipinski definition) is 0. The number of piperazine rings is 1. The second kappa shape index (κ2) is 9.63. The fourth-order valence-corrected chi connectivity index (χ4v) is 4.39. The maximum atomic E-state index is 13.4. The molecular formula is C22H28F6N4O2. The Labute approximate surface area is 194 Å². The van der Waals surface area contributed by atoms with Gasteiger partial charge in [-0.3, -0.25) is 9.69 Å². The number of carbonyl (C=O) groups is 2. The van der Waals surface area contributed by atoms with Crippen molar-refractivity contribution in [3.63, 3.8) is 0 Å². The van der Waals surface area contributed by atoms with Crippen LogP contribution in [0.5, 0.6) is 0 Å². The van der Waals surface area contributed by atoms with Gasteiger partial charge in [-0.2, -0.15) is 26.3 Å². The van der Waals surface area contributed by atoms with Crippen LogP contribution >= 0.6 is 0 Å². The predicted molar refractivity (Wildman–Crippen MR) is 112 cm³/mol. The van der Waals surface area contributed by atoms with Gasteiger partial charge in [-0.25, -0.2) is 4.79 Å². The summed E-state index contributed by atoms with van der Waals surface area (Å²) < 4.78 is 79.6. The summed E-state index contributed by atoms with van der Waals surface area (Å²) >= 11 is 0. The molecule has 0 N–H and O–H groups in total. The third-order valence-corrected chi connectivity index (χ3v) is 6.50. The van der Waals surface area contributed by atoms with E-state index >= 15 is 0 Å². The number of hydrogen-bond acceptors (Lipinski definition) is 3. The van der Waals surface area contributed by atoms with Crippen LogP contribution in [-0.4, -0.2) is 78.0 Å². The van der Waals surface area contributed by atoms with Crippen molar-refractivity contribution < 1.29 is 35.9 Å². The molecule has 2 atom stereocenters. The van der Waals surface area contributed by atoms with E-state index in [0.29, 0.717) is 44.6 Å². The number of piperidine rings is 1. The molecule has 1 aromatic rings. The van der Waals surface area contributed by atoms with Crippen LogP contribution in [0.3, 0.4) is 0 Å². The van der Waals surface area contributed by atoms with Crippen molar-refractivity contribution in [2.24, 2.45) is 0 Å². The van der Waals surface area contributed by atoms with Crippen molar-refractivity contribution in [2.75, 3.05) is 40.3 Å². The third kappa shape index (κ3) is 5.59. The van der Waals surface area contributed by atoms with Gasteiger partial charge in [0.25, 0.3) is 0 Å². The highest BCUT2D eigenvalue weighted by molar-refractivity contribution is 5.81. The summed E-state index contributed by atoms with van der Waals surface area (Å²) in [7, 11) is 3.16. The highest BCUT2D eigenvalue weighted by atomic mass is 19.4. The maximum Gasteiger partial charge on any atom is 0.416 e. The Kier molecular flexibility index (Phi) is 7.40. The lowest BCUT2D eigenvalue weighted by Crippen LogP contribution is -2.62. The number of nitrogens with zero attached hydrogens (tertiary/aromatic N) is 4. The van der Waals surface area contributed by atoms with Crippen LogP contribution in [0.1, 0.15) is 48.9 Å². The summed E-state index contributed by atoms with van der Waals surface area (Å²) in [5.41, 5.74) is -3.13. The molecule has 1 aromatic carbocycles. The summed E-state index contributed by atoms with van der Waals surface area (Å²) in [6.07, 6.45) is -8.39. The molecule has 3 amide bonds. The molecule has 0 bridgehead atoms. The van der Waals surface area contributed by atoms with Gasteiger partial charge in [-0.05, 0) is 57.0 Å². The zero-order valence-electron chi connectivity index (χ0n) is 19.2. The first-order valence-corrected chi connectivity index (χ1v) is 11.0. The van der Waals surface area contributed by atoms with Crippen molar-refractivity contribution >= 4 is 11.9 Å². The van der Waals surface area contributed by atoms with E-state index < -0.39 is 41.7 Å². The van der Waals surface area contributed by atoms with Gasteiger partial charge in [0.15, 0.2) is 0 Å². The van der Waals surface area contributed by atoms with Gasteiger partial charge in [0.05, 0.1) is 23.7 Å². The first-order chi connectivity index (χ1) is 15.7. The summed E-state index contributed by atoms with van der Waals surface area (Å²) in [5, 5.41) is 0. The zero-order valence-corrected chi connectivity index (χ0v) is 19.2. The molecule has 34 heavy (non-hydrogen) atoms. The summed E-state index contributed by atoms with van der Waals surface area (Å²) in [6.45, 7) is 3.02. The van der Waals surface area contributed by atoms with Crippen LogP contribution < -0.4 is 0 Å². The van der Waals surface area contributed by atoms with Crippen molar-refractivity contribution in [3.8, 4) is 0 Å². The molecule has 2 aliphatic rings. The molecule has 0 saturated carbocycles. The summed E-state index contributed by atoms with van der Waals surface area (Å²) in [5.74, 6) is -0.123. The molecule has 0 radical (unpaired) electrons. The number of halogens is 6. The predicted octanol–water partition coefficient (Wildman–Crippen LogP) is 4.42. The lowest BCUT2D eigenvalue weighted by Gasteiger charge is -2.46. The first kappa shape index (κ1) is 26.1. The minimum atomic E-state index is -4.97. The Bertz CT molecular complexity index is 887. The minimum Gasteiger partial charge on any atom is -0.321 e. The van der Waals surface area contributed by atoms with Gasteiger partial charge in [-0.15, -0.1) is 0 Å². The average Bonchev–Trinajstić information content (AvgIpc) is 2.76. The number of amides is 3. The molecule has 6 nitrogen and oxygen atoms in total. The Morgan fingerprint density at radius 1 is 1.00 bits per heavy atom. The van der Waals surface area contributed by atoms with E-state index in [1.807, 2.05) is 11.9 Å². The van der Waals surface area contributed by atoms with Crippen molar-refractivity contribution in [2.45, 2.75) is 50.7 Å². The van der Waals surface area contributed by atoms with E-state index in [9.17, 15) is 35.9 Å². The van der Waals surface area contributed by atoms with Gasteiger partial charge in [0.1, 0.15) is 6.17 Å². The van der Waals surface area contributed by atoms with E-state index in [4.69, 9.17) is 0 Å². The van der Waals surface area contributed by atoms with Crippen LogP contribution in [0.4, 0.5) is 31.1 Å². The number of alkyl halides is 6. The average molecular weight is 494 g/mol. The number of likely N-dealkylation sites (N-methyl/N-ethyl adjacent to an activating group) is 1. The molecule has 12 heteroatoms. The normalized spacial score (nSPS) is 21.6. The second-order valence-corrected chi connectivity index (χ2v) is 8.90. The van der Waals surface area contributed by atoms with Crippen LogP contribution in [0.15, 0.2) is 18.2 Å². The van der Waals surface area contributed by atoms with E-state index in [-0.39, 0.29) is 24.1 Å². The second-order valence-electron chi connectivity index (χ2n) is 8.90. The van der Waals surface area contributed by atoms with Crippen LogP contribution in [-0.2, 0) is 17.1 Å². The van der Waals surface area contributed by atoms with Crippen molar-refractivity contribution in [3.05, 3.63) is 34.9 Å². The van der Waals surface area contributed by atoms with E-state index in [2.05, 4.69) is 0 Å². The first-order valence-electron chi connectivity index (χ1n) is 11.0. The van der Waals surface area contributed by atoms with E-state index in [1.54, 1.807) is 4.90 Å². The van der Waals surface area contributed by atoms with Gasteiger partial charge in [0.2, 0.25) is 5.91 Å². The molecule has 2 fully saturated rings. The standard InChI is InChI=1S/C22H28F6N4O2/c1-14(15-10-16(21(23,24)25)12-17(11-15)22(26,27)28)30(3)20(34)32-7-5-4-6-18(32)31-9-8-29(2)13-19(31)33/h10-12,14,18H,4-9,13H2,1-3H3/t14-,18+/m1/s1. The Morgan fingerprint density at radius 2 is 1.59 bits per heavy atom. The Balaban J connectivity index is 1.87. The van der Waals surface area contributed by atoms with E-state index in [1.165, 1.54) is 18.9 Å². The van der Waals surface area contributed by atoms with E-state index in [0.717, 1.165) is 11.3 Å². The number of rotatable bonds is 3. The number of benzene rings is 1. The maximum absolute atomic E-state index is 13.4. The van der Waals surface area contributed by atoms with Gasteiger partial charge in [0, 0.05) is 26.7 Å². The Hall–Kier alpha value is -2.50. The highest BCUT2D eigenvalue weighted by Crippen LogP contribution is 2.38. The van der Waals surface area contributed by atoms with Gasteiger partial charge >= 0.3 is 18.4 Å². The largest absolute Gasteiger partial charge is 0.416 e. The molecule has 0 spiro atoms. The SMILES string of the molecule is C[C@H](c1cc(C(F)(F)F)cc(C(F)(F)F)c1)N(C)C(=O)N1CCCC[C@H]1N1CCN(C)CC1=O. The molecule has 0 unspecified atom stereocenters. The molecule has 2 aliphatic heterocycles. The van der Waals surface area contributed by atoms with Crippen molar-refractivity contribution in [1.82, 2.24) is 19.6 Å². The van der Waals surface area contributed by atoms with Crippen LogP contribution in [0.25, 0.3) is 0 Å². The lowest BCUT2D eigenvalue weighted by molar-refractivity contribution is -0.144. The third-order valence-electron chi connectivity index (χ3n) is 6.50. The highest BCUT2D eigenvalue weighted by Gasteiger charge is 2.40. The van der Waals surface area contributed by atoms with Gasteiger partial charge < -0.3 is 14.7 Å². The number of urea groups is 1. The van der Waals surface area contributed by atoms with Gasteiger partial charge in [-0.1, -0.05) is 0 Å². The lowest BCUT2D eigenvalue weighted by atomic mass is 9.99. The molecule has 2 saturated heterocycles. The minimum absolute atomic E-state index is 0.0672. The van der Waals surface area contributed by atoms with Crippen LogP contribution in [0, 0.1) is 0 Å². The Morgan fingerprint density at radius 3 is 2.12 bits per heavy atom. The number of likely N-dealkylation sites (tertiary alicyclic amines) is 1. The monoisotopic (exact) mass is 494 g/mol. The summed E-state index contributed by atoms with van der Waals surface area (Å²) in [4.78, 5) is 32.1. The van der Waals surface area contributed by atoms with Crippen LogP contribution in [0.2, 0.25) is 0 Å². The molecular weight excluding hydrogens is 466 g/mol.